The first-order chi connectivity index (χ1) is 8.53. The van der Waals surface area contributed by atoms with Crippen LogP contribution in [0.2, 0.25) is 0 Å². The van der Waals surface area contributed by atoms with Gasteiger partial charge in [0, 0.05) is 26.2 Å². The number of ether oxygens (including phenoxy) is 1. The van der Waals surface area contributed by atoms with Gasteiger partial charge < -0.3 is 15.0 Å². The first kappa shape index (κ1) is 15.9. The predicted octanol–water partition coefficient (Wildman–Crippen LogP) is 2.66. The van der Waals surface area contributed by atoms with Crippen LogP contribution < -0.4 is 5.32 Å². The molecule has 0 amide bonds. The van der Waals surface area contributed by atoms with Gasteiger partial charge in [-0.1, -0.05) is 12.8 Å². The Bertz CT molecular complexity index is 211. The summed E-state index contributed by atoms with van der Waals surface area (Å²) in [6.45, 7) is 11.4. The molecule has 3 nitrogen and oxygen atoms in total. The molecule has 1 unspecified atom stereocenters. The standard InChI is InChI=1S/C15H32N2O/c1-14(13-15(2,3)18-4)16-9-12-17-10-7-5-6-8-11-17/h14,16H,5-13H2,1-4H3. The molecule has 1 aliphatic rings. The molecule has 0 radical (unpaired) electrons. The molecule has 0 aliphatic carbocycles. The number of nitrogens with one attached hydrogen (secondary N) is 1. The maximum atomic E-state index is 5.47. The summed E-state index contributed by atoms with van der Waals surface area (Å²) < 4.78 is 5.47. The third-order valence-corrected chi connectivity index (χ3v) is 3.97. The van der Waals surface area contributed by atoms with Crippen molar-refractivity contribution in [3.63, 3.8) is 0 Å². The monoisotopic (exact) mass is 256 g/mol. The molecule has 1 heterocycles. The van der Waals surface area contributed by atoms with Crippen molar-refractivity contribution in [3.05, 3.63) is 0 Å². The highest BCUT2D eigenvalue weighted by Gasteiger charge is 2.19. The van der Waals surface area contributed by atoms with Gasteiger partial charge in [0.05, 0.1) is 5.60 Å². The Balaban J connectivity index is 2.12. The van der Waals surface area contributed by atoms with Crippen molar-refractivity contribution in [2.45, 2.75) is 64.5 Å². The number of methoxy groups -OCH3 is 1. The van der Waals surface area contributed by atoms with Gasteiger partial charge >= 0.3 is 0 Å². The Morgan fingerprint density at radius 2 is 1.78 bits per heavy atom. The van der Waals surface area contributed by atoms with E-state index in [1.807, 2.05) is 0 Å². The molecule has 0 saturated carbocycles. The van der Waals surface area contributed by atoms with Crippen molar-refractivity contribution >= 4 is 0 Å². The van der Waals surface area contributed by atoms with Crippen LogP contribution in [0.5, 0.6) is 0 Å². The summed E-state index contributed by atoms with van der Waals surface area (Å²) in [5.74, 6) is 0. The van der Waals surface area contributed by atoms with Gasteiger partial charge in [0.15, 0.2) is 0 Å². The minimum absolute atomic E-state index is 0.0188. The molecule has 0 aromatic heterocycles. The van der Waals surface area contributed by atoms with Crippen LogP contribution in [-0.2, 0) is 4.74 Å². The van der Waals surface area contributed by atoms with Crippen molar-refractivity contribution in [2.75, 3.05) is 33.3 Å². The van der Waals surface area contributed by atoms with Gasteiger partial charge in [0.25, 0.3) is 0 Å². The molecule has 1 fully saturated rings. The lowest BCUT2D eigenvalue weighted by atomic mass is 10.00. The highest BCUT2D eigenvalue weighted by Crippen LogP contribution is 2.15. The summed E-state index contributed by atoms with van der Waals surface area (Å²) in [6.07, 6.45) is 6.66. The second-order valence-corrected chi connectivity index (χ2v) is 6.28. The fourth-order valence-electron chi connectivity index (χ4n) is 2.72. The SMILES string of the molecule is COC(C)(C)CC(C)NCCN1CCCCCC1. The van der Waals surface area contributed by atoms with E-state index in [0.717, 1.165) is 13.0 Å². The van der Waals surface area contributed by atoms with Crippen LogP contribution >= 0.6 is 0 Å². The highest BCUT2D eigenvalue weighted by molar-refractivity contribution is 4.76. The fourth-order valence-corrected chi connectivity index (χ4v) is 2.72. The van der Waals surface area contributed by atoms with E-state index in [0.29, 0.717) is 6.04 Å². The molecule has 0 aromatic carbocycles. The van der Waals surface area contributed by atoms with E-state index in [2.05, 4.69) is 31.0 Å². The van der Waals surface area contributed by atoms with Crippen LogP contribution in [0.4, 0.5) is 0 Å². The van der Waals surface area contributed by atoms with Crippen molar-refractivity contribution in [3.8, 4) is 0 Å². The van der Waals surface area contributed by atoms with Crippen LogP contribution in [0, 0.1) is 0 Å². The van der Waals surface area contributed by atoms with E-state index >= 15 is 0 Å². The molecule has 0 aromatic rings. The number of hydrogen-bond donors (Lipinski definition) is 1. The van der Waals surface area contributed by atoms with Crippen LogP contribution in [0.3, 0.4) is 0 Å². The van der Waals surface area contributed by atoms with Crippen LogP contribution in [0.1, 0.15) is 52.9 Å². The van der Waals surface area contributed by atoms with E-state index in [1.54, 1.807) is 7.11 Å². The lowest BCUT2D eigenvalue weighted by Gasteiger charge is -2.28. The normalized spacial score (nSPS) is 20.7. The summed E-state index contributed by atoms with van der Waals surface area (Å²) in [4.78, 5) is 2.61. The van der Waals surface area contributed by atoms with Crippen LogP contribution in [0.15, 0.2) is 0 Å². The second kappa shape index (κ2) is 8.13. The van der Waals surface area contributed by atoms with Crippen molar-refractivity contribution in [2.24, 2.45) is 0 Å². The molecule has 3 heteroatoms. The molecule has 1 rings (SSSR count). The van der Waals surface area contributed by atoms with E-state index in [4.69, 9.17) is 4.74 Å². The molecule has 1 aliphatic heterocycles. The summed E-state index contributed by atoms with van der Waals surface area (Å²) in [7, 11) is 1.80. The Labute approximate surface area is 113 Å². The number of likely N-dealkylation sites (tertiary alicyclic amines) is 1. The zero-order valence-electron chi connectivity index (χ0n) is 12.8. The maximum Gasteiger partial charge on any atom is 0.0637 e. The quantitative estimate of drug-likeness (QED) is 0.758. The average molecular weight is 256 g/mol. The smallest absolute Gasteiger partial charge is 0.0637 e. The summed E-state index contributed by atoms with van der Waals surface area (Å²) >= 11 is 0. The Kier molecular flexibility index (Phi) is 7.20. The second-order valence-electron chi connectivity index (χ2n) is 6.28. The number of nitrogens with zero attached hydrogens (tertiary/aromatic N) is 1. The lowest BCUT2D eigenvalue weighted by Crippen LogP contribution is -2.40. The zero-order valence-corrected chi connectivity index (χ0v) is 12.8. The van der Waals surface area contributed by atoms with Crippen molar-refractivity contribution < 1.29 is 4.74 Å². The molecule has 0 bridgehead atoms. The molecule has 18 heavy (non-hydrogen) atoms. The van der Waals surface area contributed by atoms with E-state index < -0.39 is 0 Å². The molecule has 1 saturated heterocycles. The van der Waals surface area contributed by atoms with Crippen molar-refractivity contribution in [1.29, 1.82) is 0 Å². The predicted molar refractivity (Wildman–Crippen MR) is 78.1 cm³/mol. The molecule has 108 valence electrons. The molecular weight excluding hydrogens is 224 g/mol. The fraction of sp³-hybridized carbons (Fsp3) is 1.00. The van der Waals surface area contributed by atoms with E-state index in [-0.39, 0.29) is 5.60 Å². The van der Waals surface area contributed by atoms with E-state index in [9.17, 15) is 0 Å². The van der Waals surface area contributed by atoms with Crippen LogP contribution in [-0.4, -0.2) is 49.8 Å². The minimum Gasteiger partial charge on any atom is -0.379 e. The zero-order chi connectivity index (χ0) is 13.4. The summed E-state index contributed by atoms with van der Waals surface area (Å²) in [5, 5.41) is 3.62. The Hall–Kier alpha value is -0.120. The van der Waals surface area contributed by atoms with Gasteiger partial charge in [0.2, 0.25) is 0 Å². The minimum atomic E-state index is -0.0188. The largest absolute Gasteiger partial charge is 0.379 e. The first-order valence-electron chi connectivity index (χ1n) is 7.54. The molecular formula is C15H32N2O. The Morgan fingerprint density at radius 1 is 1.17 bits per heavy atom. The van der Waals surface area contributed by atoms with Gasteiger partial charge in [-0.15, -0.1) is 0 Å². The Morgan fingerprint density at radius 3 is 2.33 bits per heavy atom. The van der Waals surface area contributed by atoms with Gasteiger partial charge in [-0.3, -0.25) is 0 Å². The molecule has 1 atom stereocenters. The first-order valence-corrected chi connectivity index (χ1v) is 7.54. The van der Waals surface area contributed by atoms with Gasteiger partial charge in [-0.05, 0) is 53.1 Å². The highest BCUT2D eigenvalue weighted by atomic mass is 16.5. The molecule has 0 spiro atoms. The van der Waals surface area contributed by atoms with Gasteiger partial charge in [-0.2, -0.15) is 0 Å². The van der Waals surface area contributed by atoms with Crippen LogP contribution in [0.25, 0.3) is 0 Å². The van der Waals surface area contributed by atoms with Crippen molar-refractivity contribution in [1.82, 2.24) is 10.2 Å². The lowest BCUT2D eigenvalue weighted by molar-refractivity contribution is 0.00846. The maximum absolute atomic E-state index is 5.47. The third kappa shape index (κ3) is 6.72. The number of rotatable bonds is 7. The summed E-state index contributed by atoms with van der Waals surface area (Å²) in [6, 6.07) is 0.520. The average Bonchev–Trinajstić information content (AvgIpc) is 2.57. The third-order valence-electron chi connectivity index (χ3n) is 3.97. The van der Waals surface area contributed by atoms with Gasteiger partial charge in [0.1, 0.15) is 0 Å². The van der Waals surface area contributed by atoms with Gasteiger partial charge in [-0.25, -0.2) is 0 Å². The summed E-state index contributed by atoms with van der Waals surface area (Å²) in [5.41, 5.74) is -0.0188. The topological polar surface area (TPSA) is 24.5 Å². The molecule has 1 N–H and O–H groups in total. The number of hydrogen-bond acceptors (Lipinski definition) is 3. The van der Waals surface area contributed by atoms with E-state index in [1.165, 1.54) is 45.3 Å².